The molecule has 0 bridgehead atoms. The van der Waals surface area contributed by atoms with Gasteiger partial charge in [0.1, 0.15) is 5.82 Å². The highest BCUT2D eigenvalue weighted by Crippen LogP contribution is 2.08. The lowest BCUT2D eigenvalue weighted by Gasteiger charge is -2.12. The third kappa shape index (κ3) is 6.55. The average molecular weight is 338 g/mol. The second-order valence-corrected chi connectivity index (χ2v) is 4.91. The number of carbonyl (C=O) groups is 4. The van der Waals surface area contributed by atoms with E-state index in [2.05, 4.69) is 5.32 Å². The molecule has 0 saturated heterocycles. The van der Waals surface area contributed by atoms with Gasteiger partial charge in [-0.3, -0.25) is 19.7 Å². The van der Waals surface area contributed by atoms with E-state index in [1.165, 1.54) is 19.1 Å². The molecule has 0 aliphatic heterocycles. The number of amides is 3. The first-order valence-electron chi connectivity index (χ1n) is 7.40. The third-order valence-electron chi connectivity index (χ3n) is 2.97. The number of urea groups is 1. The van der Waals surface area contributed by atoms with Crippen molar-refractivity contribution < 1.29 is 28.3 Å². The lowest BCUT2D eigenvalue weighted by molar-refractivity contribution is -0.154. The van der Waals surface area contributed by atoms with E-state index in [4.69, 9.17) is 4.74 Å². The molecule has 2 N–H and O–H groups in total. The maximum Gasteiger partial charge on any atom is 0.321 e. The van der Waals surface area contributed by atoms with Crippen LogP contribution in [0.15, 0.2) is 24.3 Å². The Morgan fingerprint density at radius 3 is 2.33 bits per heavy atom. The summed E-state index contributed by atoms with van der Waals surface area (Å²) in [6.07, 6.45) is -1.52. The van der Waals surface area contributed by atoms with Crippen LogP contribution in [0, 0.1) is 5.82 Å². The van der Waals surface area contributed by atoms with E-state index >= 15 is 0 Å². The van der Waals surface area contributed by atoms with Crippen LogP contribution in [-0.4, -0.2) is 36.3 Å². The average Bonchev–Trinajstić information content (AvgIpc) is 2.53. The van der Waals surface area contributed by atoms with Crippen LogP contribution in [-0.2, 0) is 14.3 Å². The van der Waals surface area contributed by atoms with Crippen molar-refractivity contribution in [2.24, 2.45) is 0 Å². The first-order chi connectivity index (χ1) is 11.3. The number of hydrogen-bond donors (Lipinski definition) is 2. The summed E-state index contributed by atoms with van der Waals surface area (Å²) < 4.78 is 17.6. The smallest absolute Gasteiger partial charge is 0.321 e. The summed E-state index contributed by atoms with van der Waals surface area (Å²) in [5, 5.41) is 4.38. The highest BCUT2D eigenvalue weighted by Gasteiger charge is 2.20. The zero-order valence-corrected chi connectivity index (χ0v) is 13.4. The van der Waals surface area contributed by atoms with Gasteiger partial charge in [0.2, 0.25) is 0 Å². The van der Waals surface area contributed by atoms with Crippen LogP contribution in [0.25, 0.3) is 0 Å². The number of hydrogen-bond acceptors (Lipinski definition) is 5. The van der Waals surface area contributed by atoms with Gasteiger partial charge < -0.3 is 10.1 Å². The van der Waals surface area contributed by atoms with Crippen molar-refractivity contribution in [2.75, 3.05) is 6.54 Å². The van der Waals surface area contributed by atoms with Crippen molar-refractivity contribution in [2.45, 2.75) is 32.8 Å². The van der Waals surface area contributed by atoms with E-state index in [9.17, 15) is 23.6 Å². The highest BCUT2D eigenvalue weighted by atomic mass is 19.1. The Morgan fingerprint density at radius 1 is 1.12 bits per heavy atom. The molecule has 1 rings (SSSR count). The summed E-state index contributed by atoms with van der Waals surface area (Å²) in [7, 11) is 0. The number of ether oxygens (including phenoxy) is 1. The number of ketones is 1. The van der Waals surface area contributed by atoms with Gasteiger partial charge in [-0.05, 0) is 38.1 Å². The van der Waals surface area contributed by atoms with Gasteiger partial charge in [0, 0.05) is 18.5 Å². The predicted molar refractivity (Wildman–Crippen MR) is 82.7 cm³/mol. The minimum atomic E-state index is -1.17. The first kappa shape index (κ1) is 19.3. The van der Waals surface area contributed by atoms with Gasteiger partial charge in [-0.1, -0.05) is 0 Å². The molecule has 1 aromatic rings. The molecule has 0 aliphatic carbocycles. The van der Waals surface area contributed by atoms with E-state index in [0.29, 0.717) is 6.54 Å². The number of carbonyl (C=O) groups excluding carboxylic acids is 4. The number of imide groups is 1. The van der Waals surface area contributed by atoms with Crippen LogP contribution < -0.4 is 10.6 Å². The molecule has 0 spiro atoms. The molecule has 0 aromatic heterocycles. The van der Waals surface area contributed by atoms with Crippen molar-refractivity contribution in [1.82, 2.24) is 10.6 Å². The highest BCUT2D eigenvalue weighted by molar-refractivity contribution is 5.98. The second kappa shape index (κ2) is 9.39. The van der Waals surface area contributed by atoms with Gasteiger partial charge in [-0.15, -0.1) is 0 Å². The maximum atomic E-state index is 12.8. The third-order valence-corrected chi connectivity index (χ3v) is 2.97. The van der Waals surface area contributed by atoms with Gasteiger partial charge in [0.05, 0.1) is 6.42 Å². The first-order valence-corrected chi connectivity index (χ1v) is 7.40. The Balaban J connectivity index is 2.39. The Morgan fingerprint density at radius 2 is 1.75 bits per heavy atom. The van der Waals surface area contributed by atoms with Crippen LogP contribution in [0.2, 0.25) is 0 Å². The van der Waals surface area contributed by atoms with Gasteiger partial charge in [0.25, 0.3) is 5.91 Å². The standard InChI is InChI=1S/C16H19FN2O5/c1-3-18-16(23)19-15(22)10(2)24-14(21)9-8-13(20)11-4-6-12(17)7-5-11/h4-7,10H,3,8-9H2,1-2H3,(H2,18,19,22,23). The number of benzene rings is 1. The molecule has 3 amide bonds. The normalized spacial score (nSPS) is 11.3. The molecule has 0 radical (unpaired) electrons. The Bertz CT molecular complexity index is 615. The van der Waals surface area contributed by atoms with Crippen LogP contribution in [0.4, 0.5) is 9.18 Å². The Hall–Kier alpha value is -2.77. The summed E-state index contributed by atoms with van der Waals surface area (Å²) in [4.78, 5) is 46.3. The largest absolute Gasteiger partial charge is 0.453 e. The maximum absolute atomic E-state index is 12.8. The number of nitrogens with one attached hydrogen (secondary N) is 2. The van der Waals surface area contributed by atoms with Gasteiger partial charge in [-0.25, -0.2) is 9.18 Å². The van der Waals surface area contributed by atoms with Crippen molar-refractivity contribution in [3.8, 4) is 0 Å². The lowest BCUT2D eigenvalue weighted by atomic mass is 10.1. The second-order valence-electron chi connectivity index (χ2n) is 4.91. The van der Waals surface area contributed by atoms with Gasteiger partial charge in [0.15, 0.2) is 11.9 Å². The molecule has 24 heavy (non-hydrogen) atoms. The number of Topliss-reactive ketones (excluding diaryl/α,β-unsaturated/α-hetero) is 1. The van der Waals surface area contributed by atoms with E-state index in [1.54, 1.807) is 6.92 Å². The SMILES string of the molecule is CCNC(=O)NC(=O)C(C)OC(=O)CCC(=O)c1ccc(F)cc1. The van der Waals surface area contributed by atoms with Crippen molar-refractivity contribution >= 4 is 23.7 Å². The van der Waals surface area contributed by atoms with Crippen molar-refractivity contribution in [1.29, 1.82) is 0 Å². The topological polar surface area (TPSA) is 102 Å². The summed E-state index contributed by atoms with van der Waals surface area (Å²) in [5.41, 5.74) is 0.284. The van der Waals surface area contributed by atoms with Gasteiger partial charge >= 0.3 is 12.0 Å². The van der Waals surface area contributed by atoms with Crippen LogP contribution in [0.3, 0.4) is 0 Å². The summed E-state index contributed by atoms with van der Waals surface area (Å²) in [6, 6.07) is 4.27. The quantitative estimate of drug-likeness (QED) is 0.580. The van der Waals surface area contributed by atoms with E-state index in [-0.39, 0.29) is 24.2 Å². The predicted octanol–water partition coefficient (Wildman–Crippen LogP) is 1.57. The molecule has 0 aliphatic rings. The van der Waals surface area contributed by atoms with Crippen molar-refractivity contribution in [3.63, 3.8) is 0 Å². The van der Waals surface area contributed by atoms with E-state index in [1.807, 2.05) is 5.32 Å². The fraction of sp³-hybridized carbons (Fsp3) is 0.375. The fourth-order valence-electron chi connectivity index (χ4n) is 1.72. The van der Waals surface area contributed by atoms with Crippen molar-refractivity contribution in [3.05, 3.63) is 35.6 Å². The zero-order chi connectivity index (χ0) is 18.1. The lowest BCUT2D eigenvalue weighted by Crippen LogP contribution is -2.44. The molecule has 0 fully saturated rings. The van der Waals surface area contributed by atoms with E-state index in [0.717, 1.165) is 12.1 Å². The Labute approximate surface area is 138 Å². The monoisotopic (exact) mass is 338 g/mol. The molecule has 0 heterocycles. The fourth-order valence-corrected chi connectivity index (χ4v) is 1.72. The summed E-state index contributed by atoms with van der Waals surface area (Å²) in [5.74, 6) is -2.31. The van der Waals surface area contributed by atoms with Crippen LogP contribution in [0.1, 0.15) is 37.0 Å². The summed E-state index contributed by atoms with van der Waals surface area (Å²) in [6.45, 7) is 3.35. The molecule has 8 heteroatoms. The molecule has 1 aromatic carbocycles. The Kier molecular flexibility index (Phi) is 7.54. The van der Waals surface area contributed by atoms with E-state index < -0.39 is 29.8 Å². The minimum Gasteiger partial charge on any atom is -0.453 e. The number of rotatable bonds is 7. The minimum absolute atomic E-state index is 0.130. The molecule has 7 nitrogen and oxygen atoms in total. The molecule has 130 valence electrons. The molecular weight excluding hydrogens is 319 g/mol. The number of halogens is 1. The molecule has 1 unspecified atom stereocenters. The zero-order valence-electron chi connectivity index (χ0n) is 13.4. The van der Waals surface area contributed by atoms with Crippen LogP contribution >= 0.6 is 0 Å². The molecule has 1 atom stereocenters. The molecular formula is C16H19FN2O5. The van der Waals surface area contributed by atoms with Crippen LogP contribution in [0.5, 0.6) is 0 Å². The molecule has 0 saturated carbocycles. The van der Waals surface area contributed by atoms with Gasteiger partial charge in [-0.2, -0.15) is 0 Å². The number of esters is 1. The summed E-state index contributed by atoms with van der Waals surface area (Å²) >= 11 is 0.